The van der Waals surface area contributed by atoms with Gasteiger partial charge in [-0.3, -0.25) is 18.7 Å². The first-order chi connectivity index (χ1) is 19.6. The topological polar surface area (TPSA) is 84.5 Å². The molecule has 8 nitrogen and oxygen atoms in total. The third-order valence-electron chi connectivity index (χ3n) is 6.91. The fraction of sp³-hybridized carbons (Fsp3) is 0.194. The molecule has 5 aromatic rings. The summed E-state index contributed by atoms with van der Waals surface area (Å²) in [7, 11) is 2.99. The average Bonchev–Trinajstić information content (AvgIpc) is 2.96. The van der Waals surface area contributed by atoms with Crippen LogP contribution >= 0.6 is 12.0 Å². The Kier molecular flexibility index (Phi) is 7.59. The zero-order valence-electron chi connectivity index (χ0n) is 23.2. The maximum Gasteiger partial charge on any atom is 0.337 e. The number of halogens is 1. The summed E-state index contributed by atoms with van der Waals surface area (Å²) in [6.45, 7) is 5.15. The lowest BCUT2D eigenvalue weighted by Crippen LogP contribution is -2.42. The van der Waals surface area contributed by atoms with Crippen molar-refractivity contribution in [1.29, 1.82) is 0 Å². The molecule has 41 heavy (non-hydrogen) atoms. The summed E-state index contributed by atoms with van der Waals surface area (Å²) < 4.78 is 30.0. The van der Waals surface area contributed by atoms with Crippen LogP contribution in [0.2, 0.25) is 0 Å². The highest BCUT2D eigenvalue weighted by atomic mass is 32.2. The van der Waals surface area contributed by atoms with Gasteiger partial charge >= 0.3 is 5.69 Å². The molecular formula is C31H28FN3O5S. The summed E-state index contributed by atoms with van der Waals surface area (Å²) in [6, 6.07) is 18.9. The summed E-state index contributed by atoms with van der Waals surface area (Å²) >= 11 is 0.988. The Bertz CT molecular complexity index is 1960. The van der Waals surface area contributed by atoms with Crippen LogP contribution in [0.1, 0.15) is 22.3 Å². The van der Waals surface area contributed by atoms with Gasteiger partial charge in [0, 0.05) is 11.9 Å². The van der Waals surface area contributed by atoms with Crippen molar-refractivity contribution >= 4 is 23.1 Å². The Hall–Kier alpha value is -4.57. The van der Waals surface area contributed by atoms with Gasteiger partial charge in [-0.2, -0.15) is 0 Å². The molecule has 0 bridgehead atoms. The molecule has 0 unspecified atom stereocenters. The molecule has 3 aromatic carbocycles. The number of benzene rings is 3. The molecule has 0 spiro atoms. The van der Waals surface area contributed by atoms with Gasteiger partial charge in [0.2, 0.25) is 0 Å². The zero-order chi connectivity index (χ0) is 29.4. The second-order valence-corrected chi connectivity index (χ2v) is 10.6. The zero-order valence-corrected chi connectivity index (χ0v) is 24.0. The summed E-state index contributed by atoms with van der Waals surface area (Å²) in [4.78, 5) is 42.3. The van der Waals surface area contributed by atoms with Gasteiger partial charge in [-0.1, -0.05) is 35.9 Å². The molecule has 5 rings (SSSR count). The van der Waals surface area contributed by atoms with E-state index in [0.717, 1.165) is 31.6 Å². The third-order valence-corrected chi connectivity index (χ3v) is 7.63. The molecular weight excluding hydrogens is 545 g/mol. The predicted molar refractivity (Wildman–Crippen MR) is 158 cm³/mol. The summed E-state index contributed by atoms with van der Waals surface area (Å²) in [6.07, 6.45) is 0. The van der Waals surface area contributed by atoms with E-state index in [2.05, 4.69) is 0 Å². The summed E-state index contributed by atoms with van der Waals surface area (Å²) in [5, 5.41) is -0.0164. The minimum atomic E-state index is -0.794. The number of methoxy groups -OCH3 is 1. The summed E-state index contributed by atoms with van der Waals surface area (Å²) in [5.74, 6) is -0.0378. The number of aryl methyl sites for hydroxylation is 3. The first kappa shape index (κ1) is 28.0. The highest BCUT2D eigenvalue weighted by molar-refractivity contribution is 7.95. The molecule has 210 valence electrons. The second-order valence-electron chi connectivity index (χ2n) is 9.81. The fourth-order valence-corrected chi connectivity index (χ4v) is 5.28. The Labute approximate surface area is 239 Å². The lowest BCUT2D eigenvalue weighted by Gasteiger charge is -2.20. The van der Waals surface area contributed by atoms with E-state index in [1.54, 1.807) is 51.3 Å². The van der Waals surface area contributed by atoms with Gasteiger partial charge in [-0.15, -0.1) is 0 Å². The molecule has 0 aliphatic carbocycles. The number of hydrogen-bond acceptors (Lipinski definition) is 6. The van der Waals surface area contributed by atoms with Gasteiger partial charge in [-0.25, -0.2) is 13.8 Å². The molecule has 0 amide bonds. The largest absolute Gasteiger partial charge is 0.497 e. The van der Waals surface area contributed by atoms with E-state index in [1.807, 2.05) is 31.2 Å². The Morgan fingerprint density at radius 1 is 0.854 bits per heavy atom. The molecule has 0 N–H and O–H groups in total. The number of rotatable bonds is 7. The normalized spacial score (nSPS) is 11.2. The van der Waals surface area contributed by atoms with Crippen molar-refractivity contribution in [3.8, 4) is 17.2 Å². The van der Waals surface area contributed by atoms with Crippen LogP contribution < -0.4 is 25.7 Å². The lowest BCUT2D eigenvalue weighted by atomic mass is 10.1. The molecule has 10 heteroatoms. The maximum absolute atomic E-state index is 15.4. The van der Waals surface area contributed by atoms with E-state index in [-0.39, 0.29) is 34.6 Å². The van der Waals surface area contributed by atoms with Crippen molar-refractivity contribution in [1.82, 2.24) is 13.7 Å². The van der Waals surface area contributed by atoms with Crippen LogP contribution in [0.5, 0.6) is 11.5 Å². The van der Waals surface area contributed by atoms with E-state index in [9.17, 15) is 14.4 Å². The molecule has 0 aliphatic heterocycles. The second kappa shape index (κ2) is 11.1. The smallest absolute Gasteiger partial charge is 0.337 e. The van der Waals surface area contributed by atoms with Crippen LogP contribution in [0.25, 0.3) is 16.7 Å². The predicted octanol–water partition coefficient (Wildman–Crippen LogP) is 5.06. The van der Waals surface area contributed by atoms with Crippen molar-refractivity contribution in [3.63, 3.8) is 0 Å². The van der Waals surface area contributed by atoms with Crippen molar-refractivity contribution in [3.05, 3.63) is 126 Å². The minimum Gasteiger partial charge on any atom is -0.497 e. The minimum absolute atomic E-state index is 0.0164. The molecule has 0 aliphatic rings. The lowest BCUT2D eigenvalue weighted by molar-refractivity contribution is 0.414. The summed E-state index contributed by atoms with van der Waals surface area (Å²) in [5.41, 5.74) is 0.452. The van der Waals surface area contributed by atoms with Crippen molar-refractivity contribution in [2.75, 3.05) is 7.11 Å². The molecule has 0 fully saturated rings. The molecule has 0 radical (unpaired) electrons. The van der Waals surface area contributed by atoms with Gasteiger partial charge in [0.15, 0.2) is 5.75 Å². The third kappa shape index (κ3) is 5.18. The molecule has 2 aromatic heterocycles. The number of aromatic nitrogens is 3. The maximum atomic E-state index is 15.4. The van der Waals surface area contributed by atoms with Crippen LogP contribution in [-0.4, -0.2) is 20.8 Å². The first-order valence-corrected chi connectivity index (χ1v) is 13.5. The monoisotopic (exact) mass is 573 g/mol. The van der Waals surface area contributed by atoms with E-state index in [4.69, 9.17) is 8.92 Å². The van der Waals surface area contributed by atoms with E-state index in [1.165, 1.54) is 23.7 Å². The van der Waals surface area contributed by atoms with Crippen LogP contribution in [0, 0.1) is 26.6 Å². The van der Waals surface area contributed by atoms with Crippen molar-refractivity contribution in [2.45, 2.75) is 32.2 Å². The highest BCUT2D eigenvalue weighted by Gasteiger charge is 2.25. The van der Waals surface area contributed by atoms with E-state index < -0.39 is 22.6 Å². The van der Waals surface area contributed by atoms with Gasteiger partial charge in [0.05, 0.1) is 36.9 Å². The highest BCUT2D eigenvalue weighted by Crippen LogP contribution is 2.31. The fourth-order valence-electron chi connectivity index (χ4n) is 4.64. The standard InChI is InChI=1S/C31H28FN3O5S/c1-18-6-13-23(14-7-18)41-40-27-20(3)29(36)33(4)28-26(27)30(37)34(17-21-9-11-22(39-5)12-10-21)31(38)35(28)25-15-8-19(2)16-24(25)32/h6-16H,17H2,1-5H3. The van der Waals surface area contributed by atoms with Crippen LogP contribution in [0.4, 0.5) is 4.39 Å². The van der Waals surface area contributed by atoms with Gasteiger partial charge in [0.1, 0.15) is 22.6 Å². The number of nitrogens with zero attached hydrogens (tertiary/aromatic N) is 3. The van der Waals surface area contributed by atoms with Crippen LogP contribution in [0.15, 0.2) is 86.0 Å². The SMILES string of the molecule is COc1ccc(Cn2c(=O)c3c(OSc4ccc(C)cc4)c(C)c(=O)n(C)c3n(-c3ccc(C)cc3F)c2=O)cc1. The van der Waals surface area contributed by atoms with Crippen LogP contribution in [-0.2, 0) is 13.6 Å². The van der Waals surface area contributed by atoms with Crippen molar-refractivity contribution in [2.24, 2.45) is 7.05 Å². The number of pyridine rings is 1. The molecule has 0 saturated carbocycles. The van der Waals surface area contributed by atoms with Crippen LogP contribution in [0.3, 0.4) is 0 Å². The number of fused-ring (bicyclic) bond motifs is 1. The molecule has 0 saturated heterocycles. The van der Waals surface area contributed by atoms with Gasteiger partial charge < -0.3 is 8.92 Å². The Balaban J connectivity index is 1.83. The Morgan fingerprint density at radius 3 is 2.15 bits per heavy atom. The van der Waals surface area contributed by atoms with Crippen molar-refractivity contribution < 1.29 is 13.3 Å². The number of hydrogen-bond donors (Lipinski definition) is 0. The van der Waals surface area contributed by atoms with E-state index in [0.29, 0.717) is 16.9 Å². The van der Waals surface area contributed by atoms with Gasteiger partial charge in [-0.05, 0) is 68.3 Å². The van der Waals surface area contributed by atoms with Gasteiger partial charge in [0.25, 0.3) is 11.1 Å². The Morgan fingerprint density at radius 2 is 1.51 bits per heavy atom. The quantitative estimate of drug-likeness (QED) is 0.253. The first-order valence-electron chi connectivity index (χ1n) is 12.8. The average molecular weight is 574 g/mol. The van der Waals surface area contributed by atoms with E-state index >= 15 is 4.39 Å². The molecule has 0 atom stereocenters. The number of ether oxygens (including phenoxy) is 1. The molecule has 2 heterocycles.